The number of furan rings is 1. The molecule has 176 valence electrons. The summed E-state index contributed by atoms with van der Waals surface area (Å²) >= 11 is 0. The number of aromatic amines is 1. The molecule has 1 aliphatic rings. The second-order valence-electron chi connectivity index (χ2n) is 9.59. The van der Waals surface area contributed by atoms with Gasteiger partial charge >= 0.3 is 0 Å². The number of H-pyrrole nitrogens is 1. The zero-order valence-corrected chi connectivity index (χ0v) is 20.0. The molecule has 0 radical (unpaired) electrons. The minimum absolute atomic E-state index is 0.0506. The Morgan fingerprint density at radius 3 is 2.76 bits per heavy atom. The van der Waals surface area contributed by atoms with E-state index < -0.39 is 10.0 Å². The largest absolute Gasteiger partial charge is 0.463 e. The summed E-state index contributed by atoms with van der Waals surface area (Å²) in [5.41, 5.74) is 2.17. The van der Waals surface area contributed by atoms with Crippen molar-refractivity contribution < 1.29 is 17.6 Å². The average Bonchev–Trinajstić information content (AvgIpc) is 3.37. The number of amides is 1. The molecule has 1 atom stereocenters. The SMILES string of the molecule is CC(C)(C)c1cc(-c2ncc[nH]c2=O)cc2c(C(=O)N3CC[C@H](CNS(C)(=O)=O)C3)coc12. The van der Waals surface area contributed by atoms with E-state index in [0.29, 0.717) is 48.2 Å². The summed E-state index contributed by atoms with van der Waals surface area (Å²) in [5.74, 6) is -0.128. The van der Waals surface area contributed by atoms with Crippen molar-refractivity contribution >= 4 is 26.9 Å². The maximum atomic E-state index is 13.4. The molecular weight excluding hydrogens is 444 g/mol. The third kappa shape index (κ3) is 4.86. The summed E-state index contributed by atoms with van der Waals surface area (Å²) < 4.78 is 31.2. The lowest BCUT2D eigenvalue weighted by Crippen LogP contribution is -2.32. The predicted octanol–water partition coefficient (Wildman–Crippen LogP) is 2.49. The monoisotopic (exact) mass is 472 g/mol. The standard InChI is InChI=1S/C23H28N4O5S/c1-23(2,3)18-10-15(19-21(28)25-7-6-24-19)9-16-17(13-32-20(16)18)22(29)27-8-5-14(12-27)11-26-33(4,30)31/h6-7,9-10,13-14,26H,5,8,11-12H2,1-4H3,(H,25,28)/t14-/m1/s1. The van der Waals surface area contributed by atoms with Gasteiger partial charge in [0, 0.05) is 48.5 Å². The highest BCUT2D eigenvalue weighted by Crippen LogP contribution is 2.36. The Hall–Kier alpha value is -2.98. The highest BCUT2D eigenvalue weighted by atomic mass is 32.2. The molecule has 4 rings (SSSR count). The van der Waals surface area contributed by atoms with Gasteiger partial charge in [-0.05, 0) is 29.9 Å². The van der Waals surface area contributed by atoms with Gasteiger partial charge in [-0.2, -0.15) is 0 Å². The van der Waals surface area contributed by atoms with Gasteiger partial charge in [0.1, 0.15) is 17.5 Å². The van der Waals surface area contributed by atoms with Crippen molar-refractivity contribution in [3.8, 4) is 11.3 Å². The molecule has 0 saturated carbocycles. The topological polar surface area (TPSA) is 125 Å². The number of aromatic nitrogens is 2. The first-order valence-corrected chi connectivity index (χ1v) is 12.7. The molecule has 0 spiro atoms. The number of hydrogen-bond donors (Lipinski definition) is 2. The Balaban J connectivity index is 1.72. The normalized spacial score (nSPS) is 17.1. The van der Waals surface area contributed by atoms with Crippen LogP contribution in [-0.4, -0.2) is 55.1 Å². The molecule has 3 heterocycles. The molecule has 0 bridgehead atoms. The van der Waals surface area contributed by atoms with E-state index in [2.05, 4.69) is 14.7 Å². The summed E-state index contributed by atoms with van der Waals surface area (Å²) in [4.78, 5) is 34.4. The van der Waals surface area contributed by atoms with Crippen molar-refractivity contribution in [2.45, 2.75) is 32.6 Å². The molecule has 10 heteroatoms. The lowest BCUT2D eigenvalue weighted by molar-refractivity contribution is 0.0788. The third-order valence-electron chi connectivity index (χ3n) is 5.90. The Bertz CT molecular complexity index is 1370. The molecular formula is C23H28N4O5S. The molecule has 2 aromatic heterocycles. The van der Waals surface area contributed by atoms with Crippen molar-refractivity contribution in [2.75, 3.05) is 25.9 Å². The van der Waals surface area contributed by atoms with E-state index in [0.717, 1.165) is 11.8 Å². The van der Waals surface area contributed by atoms with E-state index in [9.17, 15) is 18.0 Å². The number of carbonyl (C=O) groups is 1. The predicted molar refractivity (Wildman–Crippen MR) is 126 cm³/mol. The van der Waals surface area contributed by atoms with Crippen LogP contribution in [0.1, 0.15) is 43.1 Å². The maximum Gasteiger partial charge on any atom is 0.274 e. The van der Waals surface area contributed by atoms with Crippen LogP contribution in [0.4, 0.5) is 0 Å². The van der Waals surface area contributed by atoms with Crippen LogP contribution in [0.25, 0.3) is 22.2 Å². The van der Waals surface area contributed by atoms with Crippen molar-refractivity contribution in [1.29, 1.82) is 0 Å². The minimum Gasteiger partial charge on any atom is -0.463 e. The summed E-state index contributed by atoms with van der Waals surface area (Å²) in [5, 5.41) is 0.630. The van der Waals surface area contributed by atoms with Crippen LogP contribution >= 0.6 is 0 Å². The smallest absolute Gasteiger partial charge is 0.274 e. The molecule has 0 unspecified atom stereocenters. The van der Waals surface area contributed by atoms with Gasteiger partial charge in [0.15, 0.2) is 0 Å². The molecule has 1 saturated heterocycles. The van der Waals surface area contributed by atoms with Crippen LogP contribution in [0.3, 0.4) is 0 Å². The number of likely N-dealkylation sites (tertiary alicyclic amines) is 1. The van der Waals surface area contributed by atoms with Gasteiger partial charge in [0.25, 0.3) is 11.5 Å². The molecule has 1 aromatic carbocycles. The number of carbonyl (C=O) groups excluding carboxylic acids is 1. The fourth-order valence-electron chi connectivity index (χ4n) is 4.18. The fraction of sp³-hybridized carbons (Fsp3) is 0.435. The Kier molecular flexibility index (Phi) is 5.92. The van der Waals surface area contributed by atoms with E-state index in [4.69, 9.17) is 4.42 Å². The molecule has 3 aromatic rings. The molecule has 33 heavy (non-hydrogen) atoms. The summed E-state index contributed by atoms with van der Waals surface area (Å²) in [6, 6.07) is 3.66. The Morgan fingerprint density at radius 1 is 1.33 bits per heavy atom. The molecule has 1 aliphatic heterocycles. The number of fused-ring (bicyclic) bond motifs is 1. The van der Waals surface area contributed by atoms with E-state index in [1.165, 1.54) is 18.7 Å². The van der Waals surface area contributed by atoms with Gasteiger partial charge in [0.05, 0.1) is 11.8 Å². The molecule has 1 fully saturated rings. The van der Waals surface area contributed by atoms with E-state index in [-0.39, 0.29) is 28.5 Å². The van der Waals surface area contributed by atoms with Gasteiger partial charge < -0.3 is 14.3 Å². The number of rotatable bonds is 5. The van der Waals surface area contributed by atoms with Crippen molar-refractivity contribution in [2.24, 2.45) is 5.92 Å². The van der Waals surface area contributed by atoms with Crippen LogP contribution in [0.2, 0.25) is 0 Å². The average molecular weight is 473 g/mol. The van der Waals surface area contributed by atoms with Gasteiger partial charge in [-0.25, -0.2) is 18.1 Å². The summed E-state index contributed by atoms with van der Waals surface area (Å²) in [6.07, 6.45) is 6.31. The Labute approximate surface area is 192 Å². The molecule has 2 N–H and O–H groups in total. The van der Waals surface area contributed by atoms with Crippen LogP contribution in [0.15, 0.2) is 40.0 Å². The van der Waals surface area contributed by atoms with Crippen LogP contribution in [-0.2, 0) is 15.4 Å². The van der Waals surface area contributed by atoms with Crippen LogP contribution in [0.5, 0.6) is 0 Å². The number of hydrogen-bond acceptors (Lipinski definition) is 6. The first-order valence-electron chi connectivity index (χ1n) is 10.8. The van der Waals surface area contributed by atoms with E-state index in [1.54, 1.807) is 11.0 Å². The zero-order chi connectivity index (χ0) is 24.0. The molecule has 9 nitrogen and oxygen atoms in total. The Morgan fingerprint density at radius 2 is 2.09 bits per heavy atom. The highest BCUT2D eigenvalue weighted by molar-refractivity contribution is 7.88. The van der Waals surface area contributed by atoms with Gasteiger partial charge in [-0.15, -0.1) is 0 Å². The van der Waals surface area contributed by atoms with Gasteiger partial charge in [0.2, 0.25) is 10.0 Å². The zero-order valence-electron chi connectivity index (χ0n) is 19.1. The fourth-order valence-corrected chi connectivity index (χ4v) is 4.72. The molecule has 1 amide bonds. The lowest BCUT2D eigenvalue weighted by Gasteiger charge is -2.20. The highest BCUT2D eigenvalue weighted by Gasteiger charge is 2.31. The summed E-state index contributed by atoms with van der Waals surface area (Å²) in [7, 11) is -3.28. The minimum atomic E-state index is -3.28. The quantitative estimate of drug-likeness (QED) is 0.588. The van der Waals surface area contributed by atoms with Crippen molar-refractivity contribution in [3.63, 3.8) is 0 Å². The number of sulfonamides is 1. The number of nitrogens with one attached hydrogen (secondary N) is 2. The van der Waals surface area contributed by atoms with E-state index >= 15 is 0 Å². The number of nitrogens with zero attached hydrogens (tertiary/aromatic N) is 2. The van der Waals surface area contributed by atoms with Crippen molar-refractivity contribution in [3.05, 3.63) is 52.3 Å². The molecule has 0 aliphatic carbocycles. The lowest BCUT2D eigenvalue weighted by atomic mass is 9.84. The van der Waals surface area contributed by atoms with Gasteiger partial charge in [-0.1, -0.05) is 20.8 Å². The van der Waals surface area contributed by atoms with Gasteiger partial charge in [-0.3, -0.25) is 9.59 Å². The first-order chi connectivity index (χ1) is 15.4. The number of benzene rings is 1. The summed E-state index contributed by atoms with van der Waals surface area (Å²) in [6.45, 7) is 7.41. The van der Waals surface area contributed by atoms with Crippen molar-refractivity contribution in [1.82, 2.24) is 19.6 Å². The maximum absolute atomic E-state index is 13.4. The third-order valence-corrected chi connectivity index (χ3v) is 6.59. The van der Waals surface area contributed by atoms with Crippen LogP contribution < -0.4 is 10.3 Å². The van der Waals surface area contributed by atoms with Crippen LogP contribution in [0, 0.1) is 5.92 Å². The second-order valence-corrected chi connectivity index (χ2v) is 11.4. The second kappa shape index (κ2) is 8.42. The van der Waals surface area contributed by atoms with E-state index in [1.807, 2.05) is 26.8 Å². The first kappa shape index (κ1) is 23.2.